The summed E-state index contributed by atoms with van der Waals surface area (Å²) in [6, 6.07) is 16.5. The van der Waals surface area contributed by atoms with Gasteiger partial charge in [0.1, 0.15) is 30.4 Å². The summed E-state index contributed by atoms with van der Waals surface area (Å²) >= 11 is 0. The number of aromatic amines is 1. The molecule has 29 heavy (non-hydrogen) atoms. The van der Waals surface area contributed by atoms with Gasteiger partial charge >= 0.3 is 0 Å². The summed E-state index contributed by atoms with van der Waals surface area (Å²) in [4.78, 5) is 33.2. The molecule has 7 nitrogen and oxygen atoms in total. The molecule has 148 valence electrons. The van der Waals surface area contributed by atoms with Crippen molar-refractivity contribution in [3.05, 3.63) is 76.5 Å². The molecular weight excluding hydrogens is 370 g/mol. The van der Waals surface area contributed by atoms with Crippen molar-refractivity contribution in [1.82, 2.24) is 14.9 Å². The Kier molecular flexibility index (Phi) is 5.14. The number of amides is 1. The Bertz CT molecular complexity index is 1190. The number of carbonyl (C=O) groups is 1. The second kappa shape index (κ2) is 7.89. The molecule has 0 fully saturated rings. The molecule has 1 N–H and O–H groups in total. The number of para-hydroxylation sites is 2. The topological polar surface area (TPSA) is 88.4 Å². The summed E-state index contributed by atoms with van der Waals surface area (Å²) in [5, 5.41) is 1.52. The minimum absolute atomic E-state index is 0.0404. The predicted octanol–water partition coefficient (Wildman–Crippen LogP) is 3.41. The Morgan fingerprint density at radius 2 is 1.97 bits per heavy atom. The van der Waals surface area contributed by atoms with E-state index in [9.17, 15) is 9.59 Å². The van der Waals surface area contributed by atoms with Crippen LogP contribution in [0.2, 0.25) is 0 Å². The molecule has 0 spiro atoms. The summed E-state index contributed by atoms with van der Waals surface area (Å²) in [5.74, 6) is 0.901. The van der Waals surface area contributed by atoms with Gasteiger partial charge in [-0.3, -0.25) is 9.59 Å². The molecule has 0 radical (unpaired) electrons. The van der Waals surface area contributed by atoms with E-state index in [0.29, 0.717) is 22.5 Å². The van der Waals surface area contributed by atoms with Gasteiger partial charge in [-0.05, 0) is 31.2 Å². The lowest BCUT2D eigenvalue weighted by atomic mass is 10.2. The van der Waals surface area contributed by atoms with Crippen molar-refractivity contribution >= 4 is 27.8 Å². The van der Waals surface area contributed by atoms with Gasteiger partial charge in [0, 0.05) is 12.4 Å². The second-order valence-electron chi connectivity index (χ2n) is 6.89. The maximum Gasteiger partial charge on any atom is 0.258 e. The van der Waals surface area contributed by atoms with Crippen molar-refractivity contribution in [2.24, 2.45) is 0 Å². The molecule has 1 amide bonds. The molecule has 0 saturated heterocycles. The van der Waals surface area contributed by atoms with Gasteiger partial charge in [0.2, 0.25) is 5.91 Å². The van der Waals surface area contributed by atoms with E-state index in [1.165, 1.54) is 0 Å². The second-order valence-corrected chi connectivity index (χ2v) is 6.89. The summed E-state index contributed by atoms with van der Waals surface area (Å²) in [5.41, 5.74) is 1.16. The Labute approximate surface area is 166 Å². The van der Waals surface area contributed by atoms with E-state index < -0.39 is 0 Å². The highest BCUT2D eigenvalue weighted by Crippen LogP contribution is 2.26. The number of nitrogens with one attached hydrogen (secondary N) is 1. The lowest BCUT2D eigenvalue weighted by Gasteiger charge is -2.23. The molecule has 0 aliphatic carbocycles. The zero-order valence-electron chi connectivity index (χ0n) is 16.2. The number of rotatable bonds is 6. The Morgan fingerprint density at radius 1 is 1.21 bits per heavy atom. The van der Waals surface area contributed by atoms with Crippen molar-refractivity contribution in [3.63, 3.8) is 0 Å². The standard InChI is InChI=1S/C22H21N3O4/c1-14(19-11-15-7-3-6-10-18(15)29-19)25(2)21(26)13-28-12-20-23-17-9-5-4-8-16(17)22(27)24-20/h3-11,14H,12-13H2,1-2H3,(H,23,24,27)/t14-/m1/s1. The fourth-order valence-corrected chi connectivity index (χ4v) is 3.16. The van der Waals surface area contributed by atoms with Gasteiger partial charge in [-0.2, -0.15) is 0 Å². The summed E-state index contributed by atoms with van der Waals surface area (Å²) in [7, 11) is 1.71. The summed E-state index contributed by atoms with van der Waals surface area (Å²) < 4.78 is 11.3. The first-order chi connectivity index (χ1) is 14.0. The van der Waals surface area contributed by atoms with E-state index in [0.717, 1.165) is 11.0 Å². The molecule has 7 heteroatoms. The number of likely N-dealkylation sites (N-methyl/N-ethyl adjacent to an activating group) is 1. The molecule has 0 aliphatic rings. The average Bonchev–Trinajstić information content (AvgIpc) is 3.17. The smallest absolute Gasteiger partial charge is 0.258 e. The number of H-pyrrole nitrogens is 1. The molecule has 0 unspecified atom stereocenters. The number of aromatic nitrogens is 2. The number of hydrogen-bond acceptors (Lipinski definition) is 5. The first kappa shape index (κ1) is 18.9. The molecule has 2 aromatic carbocycles. The third kappa shape index (κ3) is 3.90. The maximum absolute atomic E-state index is 12.5. The lowest BCUT2D eigenvalue weighted by Crippen LogP contribution is -2.32. The van der Waals surface area contributed by atoms with Crippen LogP contribution in [0.25, 0.3) is 21.9 Å². The Morgan fingerprint density at radius 3 is 2.79 bits per heavy atom. The Balaban J connectivity index is 1.38. The number of carbonyl (C=O) groups excluding carboxylic acids is 1. The van der Waals surface area contributed by atoms with Crippen LogP contribution in [0.5, 0.6) is 0 Å². The number of fused-ring (bicyclic) bond motifs is 2. The van der Waals surface area contributed by atoms with Gasteiger partial charge in [0.15, 0.2) is 0 Å². The molecule has 2 aromatic heterocycles. The number of furan rings is 1. The Hall–Kier alpha value is -3.45. The summed E-state index contributed by atoms with van der Waals surface area (Å²) in [6.07, 6.45) is 0. The molecule has 0 saturated carbocycles. The fraction of sp³-hybridized carbons (Fsp3) is 0.227. The highest BCUT2D eigenvalue weighted by molar-refractivity contribution is 5.80. The molecule has 4 rings (SSSR count). The average molecular weight is 391 g/mol. The molecule has 2 heterocycles. The fourth-order valence-electron chi connectivity index (χ4n) is 3.16. The monoisotopic (exact) mass is 391 g/mol. The highest BCUT2D eigenvalue weighted by atomic mass is 16.5. The van der Waals surface area contributed by atoms with Crippen LogP contribution in [-0.4, -0.2) is 34.4 Å². The van der Waals surface area contributed by atoms with Crippen molar-refractivity contribution < 1.29 is 13.9 Å². The first-order valence-corrected chi connectivity index (χ1v) is 9.33. The van der Waals surface area contributed by atoms with Crippen LogP contribution in [0, 0.1) is 0 Å². The lowest BCUT2D eigenvalue weighted by molar-refractivity contribution is -0.137. The largest absolute Gasteiger partial charge is 0.459 e. The minimum Gasteiger partial charge on any atom is -0.459 e. The minimum atomic E-state index is -0.239. The van der Waals surface area contributed by atoms with E-state index in [1.54, 1.807) is 30.1 Å². The third-order valence-electron chi connectivity index (χ3n) is 4.96. The third-order valence-corrected chi connectivity index (χ3v) is 4.96. The van der Waals surface area contributed by atoms with Crippen molar-refractivity contribution in [1.29, 1.82) is 0 Å². The number of ether oxygens (including phenoxy) is 1. The van der Waals surface area contributed by atoms with Crippen LogP contribution in [0.3, 0.4) is 0 Å². The van der Waals surface area contributed by atoms with Gasteiger partial charge in [-0.1, -0.05) is 30.3 Å². The van der Waals surface area contributed by atoms with Crippen molar-refractivity contribution in [2.75, 3.05) is 13.7 Å². The van der Waals surface area contributed by atoms with E-state index in [4.69, 9.17) is 9.15 Å². The quantitative estimate of drug-likeness (QED) is 0.544. The van der Waals surface area contributed by atoms with Gasteiger partial charge in [-0.15, -0.1) is 0 Å². The van der Waals surface area contributed by atoms with Crippen molar-refractivity contribution in [3.8, 4) is 0 Å². The SMILES string of the molecule is C[C@H](c1cc2ccccc2o1)N(C)C(=O)COCc1nc2ccccc2c(=O)[nH]1. The zero-order valence-corrected chi connectivity index (χ0v) is 16.2. The van der Waals surface area contributed by atoms with Crippen molar-refractivity contribution in [2.45, 2.75) is 19.6 Å². The maximum atomic E-state index is 12.5. The highest BCUT2D eigenvalue weighted by Gasteiger charge is 2.21. The van der Waals surface area contributed by atoms with Gasteiger partial charge in [0.05, 0.1) is 16.9 Å². The number of benzene rings is 2. The van der Waals surface area contributed by atoms with Crippen LogP contribution in [0.4, 0.5) is 0 Å². The molecule has 4 aromatic rings. The molecular formula is C22H21N3O4. The van der Waals surface area contributed by atoms with Crippen LogP contribution < -0.4 is 5.56 Å². The van der Waals surface area contributed by atoms with Crippen LogP contribution in [-0.2, 0) is 16.1 Å². The van der Waals surface area contributed by atoms with E-state index in [-0.39, 0.29) is 30.7 Å². The van der Waals surface area contributed by atoms with E-state index >= 15 is 0 Å². The predicted molar refractivity (Wildman–Crippen MR) is 109 cm³/mol. The molecule has 0 bridgehead atoms. The first-order valence-electron chi connectivity index (χ1n) is 9.33. The molecule has 0 aliphatic heterocycles. The summed E-state index contributed by atoms with van der Waals surface area (Å²) in [6.45, 7) is 1.81. The van der Waals surface area contributed by atoms with Crippen LogP contribution >= 0.6 is 0 Å². The van der Waals surface area contributed by atoms with Crippen LogP contribution in [0.15, 0.2) is 63.8 Å². The van der Waals surface area contributed by atoms with Gasteiger partial charge in [-0.25, -0.2) is 4.98 Å². The van der Waals surface area contributed by atoms with E-state index in [2.05, 4.69) is 9.97 Å². The number of nitrogens with zero attached hydrogens (tertiary/aromatic N) is 2. The zero-order chi connectivity index (χ0) is 20.4. The van der Waals surface area contributed by atoms with E-state index in [1.807, 2.05) is 43.3 Å². The number of hydrogen-bond donors (Lipinski definition) is 1. The van der Waals surface area contributed by atoms with Crippen LogP contribution in [0.1, 0.15) is 24.6 Å². The normalized spacial score (nSPS) is 12.3. The van der Waals surface area contributed by atoms with Gasteiger partial charge in [0.25, 0.3) is 5.56 Å². The van der Waals surface area contributed by atoms with Gasteiger partial charge < -0.3 is 19.0 Å². The molecule has 1 atom stereocenters.